The number of nitro groups is 1. The summed E-state index contributed by atoms with van der Waals surface area (Å²) in [4.78, 5) is 28.7. The summed E-state index contributed by atoms with van der Waals surface area (Å²) in [5.74, 6) is -1.33. The molecule has 0 amide bonds. The number of rotatable bonds is 5. The molecule has 0 aliphatic rings. The van der Waals surface area contributed by atoms with E-state index in [2.05, 4.69) is 15.3 Å². The van der Waals surface area contributed by atoms with Crippen molar-refractivity contribution in [1.29, 1.82) is 0 Å². The fourth-order valence-corrected chi connectivity index (χ4v) is 1.91. The maximum Gasteiger partial charge on any atom is 0.354 e. The number of hydrogen-bond donors (Lipinski definition) is 2. The van der Waals surface area contributed by atoms with Gasteiger partial charge in [-0.2, -0.15) is 0 Å². The first-order valence-corrected chi connectivity index (χ1v) is 6.02. The van der Waals surface area contributed by atoms with Crippen LogP contribution < -0.4 is 5.32 Å². The first-order valence-electron chi connectivity index (χ1n) is 5.07. The highest BCUT2D eigenvalue weighted by atomic mass is 32.1. The summed E-state index contributed by atoms with van der Waals surface area (Å²) < 4.78 is 0. The zero-order valence-corrected chi connectivity index (χ0v) is 10.3. The van der Waals surface area contributed by atoms with Crippen LogP contribution in [0.1, 0.15) is 16.2 Å². The number of carboxylic acid groups (broad SMARTS) is 1. The lowest BCUT2D eigenvalue weighted by Gasteiger charge is -2.05. The number of nitrogens with one attached hydrogen (secondary N) is 1. The number of thiazole rings is 1. The second-order valence-electron chi connectivity index (χ2n) is 3.46. The molecule has 0 fully saturated rings. The standard InChI is InChI=1S/C10H8N4O4S/c15-10(16)7-1-2-8(14(17)18)9(13-7)11-3-6-4-19-5-12-6/h1-2,4-5H,3H2,(H,11,13)(H,15,16). The second kappa shape index (κ2) is 5.40. The fourth-order valence-electron chi connectivity index (χ4n) is 1.35. The van der Waals surface area contributed by atoms with Gasteiger partial charge in [-0.1, -0.05) is 0 Å². The lowest BCUT2D eigenvalue weighted by Crippen LogP contribution is -2.08. The lowest BCUT2D eigenvalue weighted by atomic mass is 10.3. The molecule has 0 atom stereocenters. The number of aromatic carboxylic acids is 1. The summed E-state index contributed by atoms with van der Waals surface area (Å²) in [6.45, 7) is 0.237. The van der Waals surface area contributed by atoms with E-state index in [1.54, 1.807) is 10.9 Å². The van der Waals surface area contributed by atoms with Gasteiger partial charge in [-0.25, -0.2) is 14.8 Å². The highest BCUT2D eigenvalue weighted by Crippen LogP contribution is 2.22. The predicted molar refractivity (Wildman–Crippen MR) is 67.3 cm³/mol. The van der Waals surface area contributed by atoms with Gasteiger partial charge in [0, 0.05) is 11.4 Å². The van der Waals surface area contributed by atoms with E-state index >= 15 is 0 Å². The van der Waals surface area contributed by atoms with Crippen LogP contribution >= 0.6 is 11.3 Å². The first kappa shape index (κ1) is 12.9. The number of carboxylic acids is 1. The van der Waals surface area contributed by atoms with Crippen LogP contribution in [0.25, 0.3) is 0 Å². The Morgan fingerprint density at radius 1 is 1.53 bits per heavy atom. The Morgan fingerprint density at radius 2 is 2.32 bits per heavy atom. The molecule has 2 N–H and O–H groups in total. The average Bonchev–Trinajstić information content (AvgIpc) is 2.88. The molecule has 0 aliphatic heterocycles. The molecule has 8 nitrogen and oxygen atoms in total. The minimum absolute atomic E-state index is 0.0853. The average molecular weight is 280 g/mol. The molecule has 0 unspecified atom stereocenters. The van der Waals surface area contributed by atoms with Crippen LogP contribution in [0.5, 0.6) is 0 Å². The monoisotopic (exact) mass is 280 g/mol. The van der Waals surface area contributed by atoms with Crippen molar-refractivity contribution in [3.8, 4) is 0 Å². The van der Waals surface area contributed by atoms with Crippen molar-refractivity contribution in [2.45, 2.75) is 6.54 Å². The van der Waals surface area contributed by atoms with Gasteiger partial charge in [-0.05, 0) is 6.07 Å². The van der Waals surface area contributed by atoms with Gasteiger partial charge in [-0.3, -0.25) is 10.1 Å². The van der Waals surface area contributed by atoms with Crippen LogP contribution in [0.15, 0.2) is 23.0 Å². The van der Waals surface area contributed by atoms with E-state index in [9.17, 15) is 14.9 Å². The lowest BCUT2D eigenvalue weighted by molar-refractivity contribution is -0.384. The topological polar surface area (TPSA) is 118 Å². The summed E-state index contributed by atoms with van der Waals surface area (Å²) in [6, 6.07) is 2.20. The van der Waals surface area contributed by atoms with Crippen LogP contribution in [-0.2, 0) is 6.54 Å². The molecule has 2 heterocycles. The molecule has 0 bridgehead atoms. The molecule has 0 aliphatic carbocycles. The maximum absolute atomic E-state index is 10.8. The number of nitrogens with zero attached hydrogens (tertiary/aromatic N) is 3. The van der Waals surface area contributed by atoms with Gasteiger partial charge in [0.15, 0.2) is 5.69 Å². The minimum Gasteiger partial charge on any atom is -0.477 e. The molecule has 0 spiro atoms. The van der Waals surface area contributed by atoms with E-state index < -0.39 is 10.9 Å². The van der Waals surface area contributed by atoms with Crippen molar-refractivity contribution in [3.05, 3.63) is 44.5 Å². The van der Waals surface area contributed by atoms with Crippen LogP contribution in [0.4, 0.5) is 11.5 Å². The highest BCUT2D eigenvalue weighted by molar-refractivity contribution is 7.07. The smallest absolute Gasteiger partial charge is 0.354 e. The predicted octanol–water partition coefficient (Wildman–Crippen LogP) is 1.76. The SMILES string of the molecule is O=C(O)c1ccc([N+](=O)[O-])c(NCc2cscn2)n1. The van der Waals surface area contributed by atoms with Gasteiger partial charge in [0.2, 0.25) is 5.82 Å². The maximum atomic E-state index is 10.8. The summed E-state index contributed by atoms with van der Waals surface area (Å²) in [6.07, 6.45) is 0. The Kier molecular flexibility index (Phi) is 3.66. The van der Waals surface area contributed by atoms with Crippen molar-refractivity contribution in [2.24, 2.45) is 0 Å². The number of pyridine rings is 1. The van der Waals surface area contributed by atoms with Gasteiger partial charge in [0.1, 0.15) is 0 Å². The number of aromatic nitrogens is 2. The molecule has 0 saturated heterocycles. The second-order valence-corrected chi connectivity index (χ2v) is 4.18. The Hall–Kier alpha value is -2.55. The molecule has 2 aromatic rings. The molecule has 2 rings (SSSR count). The Balaban J connectivity index is 2.27. The summed E-state index contributed by atoms with van der Waals surface area (Å²) in [5, 5.41) is 24.1. The molecule has 0 aromatic carbocycles. The highest BCUT2D eigenvalue weighted by Gasteiger charge is 2.18. The van der Waals surface area contributed by atoms with Crippen molar-refractivity contribution >= 4 is 28.8 Å². The number of anilines is 1. The molecule has 98 valence electrons. The van der Waals surface area contributed by atoms with Crippen molar-refractivity contribution in [3.63, 3.8) is 0 Å². The van der Waals surface area contributed by atoms with E-state index in [-0.39, 0.29) is 23.7 Å². The van der Waals surface area contributed by atoms with Crippen LogP contribution in [-0.4, -0.2) is 26.0 Å². The number of hydrogen-bond acceptors (Lipinski definition) is 7. The largest absolute Gasteiger partial charge is 0.477 e. The van der Waals surface area contributed by atoms with Crippen LogP contribution in [0.2, 0.25) is 0 Å². The molecule has 9 heteroatoms. The van der Waals surface area contributed by atoms with Gasteiger partial charge in [0.05, 0.1) is 22.7 Å². The molecular weight excluding hydrogens is 272 g/mol. The quantitative estimate of drug-likeness (QED) is 0.632. The minimum atomic E-state index is -1.24. The first-order chi connectivity index (χ1) is 9.08. The molecule has 0 saturated carbocycles. The van der Waals surface area contributed by atoms with Gasteiger partial charge < -0.3 is 10.4 Å². The van der Waals surface area contributed by atoms with Crippen molar-refractivity contribution < 1.29 is 14.8 Å². The van der Waals surface area contributed by atoms with E-state index in [0.29, 0.717) is 5.69 Å². The third kappa shape index (κ3) is 3.01. The summed E-state index contributed by atoms with van der Waals surface area (Å²) in [5.41, 5.74) is 1.79. The zero-order chi connectivity index (χ0) is 13.8. The van der Waals surface area contributed by atoms with E-state index in [1.165, 1.54) is 11.3 Å². The van der Waals surface area contributed by atoms with E-state index in [0.717, 1.165) is 12.1 Å². The Labute approximate surface area is 110 Å². The van der Waals surface area contributed by atoms with Gasteiger partial charge in [0.25, 0.3) is 0 Å². The van der Waals surface area contributed by atoms with Crippen LogP contribution in [0, 0.1) is 10.1 Å². The fraction of sp³-hybridized carbons (Fsp3) is 0.100. The van der Waals surface area contributed by atoms with Gasteiger partial charge >= 0.3 is 11.7 Å². The number of carbonyl (C=O) groups is 1. The summed E-state index contributed by atoms with van der Waals surface area (Å²) >= 11 is 1.39. The molecular formula is C10H8N4O4S. The van der Waals surface area contributed by atoms with Crippen molar-refractivity contribution in [1.82, 2.24) is 9.97 Å². The van der Waals surface area contributed by atoms with E-state index in [4.69, 9.17) is 5.11 Å². The normalized spacial score (nSPS) is 10.1. The zero-order valence-electron chi connectivity index (χ0n) is 9.44. The van der Waals surface area contributed by atoms with Gasteiger partial charge in [-0.15, -0.1) is 11.3 Å². The summed E-state index contributed by atoms with van der Waals surface area (Å²) in [7, 11) is 0. The molecule has 0 radical (unpaired) electrons. The Morgan fingerprint density at radius 3 is 2.89 bits per heavy atom. The van der Waals surface area contributed by atoms with Crippen molar-refractivity contribution in [2.75, 3.05) is 5.32 Å². The molecule has 19 heavy (non-hydrogen) atoms. The molecule has 2 aromatic heterocycles. The van der Waals surface area contributed by atoms with E-state index in [1.807, 2.05) is 0 Å². The Bertz CT molecular complexity index is 614. The third-order valence-electron chi connectivity index (χ3n) is 2.21. The van der Waals surface area contributed by atoms with Crippen LogP contribution in [0.3, 0.4) is 0 Å². The third-order valence-corrected chi connectivity index (χ3v) is 2.85.